The molecule has 4 nitrogen and oxygen atoms in total. The van der Waals surface area contributed by atoms with Gasteiger partial charge in [-0.05, 0) is 56.0 Å². The monoisotopic (exact) mass is 355 g/mol. The average Bonchev–Trinajstić information content (AvgIpc) is 2.67. The van der Waals surface area contributed by atoms with Crippen LogP contribution >= 0.6 is 0 Å². The van der Waals surface area contributed by atoms with E-state index in [0.717, 1.165) is 41.0 Å². The number of amides is 1. The minimum Gasteiger partial charge on any atom is -0.494 e. The van der Waals surface area contributed by atoms with E-state index < -0.39 is 0 Å². The highest BCUT2D eigenvalue weighted by Crippen LogP contribution is 2.25. The van der Waals surface area contributed by atoms with E-state index in [0.29, 0.717) is 25.4 Å². The third kappa shape index (κ3) is 4.85. The Morgan fingerprint density at radius 2 is 1.62 bits per heavy atom. The molecule has 140 valence electrons. The predicted octanol–water partition coefficient (Wildman–Crippen LogP) is 5.00. The zero-order chi connectivity index (χ0) is 18.9. The number of carbonyl (C=O) groups excluding carboxylic acids is 1. The van der Waals surface area contributed by atoms with E-state index in [9.17, 15) is 4.79 Å². The zero-order valence-electron chi connectivity index (χ0n) is 16.2. The van der Waals surface area contributed by atoms with Crippen molar-refractivity contribution in [2.75, 3.05) is 18.5 Å². The Morgan fingerprint density at radius 1 is 0.923 bits per heavy atom. The molecule has 4 heteroatoms. The molecule has 0 spiro atoms. The molecule has 2 aromatic rings. The highest BCUT2D eigenvalue weighted by Gasteiger charge is 2.14. The Hall–Kier alpha value is -2.33. The van der Waals surface area contributed by atoms with Gasteiger partial charge in [0, 0.05) is 23.4 Å². The maximum Gasteiger partial charge on any atom is 0.255 e. The van der Waals surface area contributed by atoms with E-state index in [1.807, 2.05) is 32.0 Å². The van der Waals surface area contributed by atoms with Crippen LogP contribution in [0.3, 0.4) is 0 Å². The maximum atomic E-state index is 12.9. The number of hydrogen-bond donors (Lipinski definition) is 1. The number of nitrogens with one attached hydrogen (secondary N) is 1. The van der Waals surface area contributed by atoms with Crippen LogP contribution in [0.15, 0.2) is 36.4 Å². The first-order valence-electron chi connectivity index (χ1n) is 9.40. The largest absolute Gasteiger partial charge is 0.494 e. The summed E-state index contributed by atoms with van der Waals surface area (Å²) in [5, 5.41) is 3.11. The van der Waals surface area contributed by atoms with Gasteiger partial charge < -0.3 is 14.8 Å². The third-order valence-electron chi connectivity index (χ3n) is 4.32. The van der Waals surface area contributed by atoms with Crippen molar-refractivity contribution in [2.24, 2.45) is 0 Å². The highest BCUT2D eigenvalue weighted by molar-refractivity contribution is 6.05. The molecule has 2 aromatic carbocycles. The quantitative estimate of drug-likeness (QED) is 0.688. The molecular weight excluding hydrogens is 326 g/mol. The number of benzene rings is 2. The van der Waals surface area contributed by atoms with Crippen LogP contribution in [0, 0.1) is 0 Å². The van der Waals surface area contributed by atoms with Crippen molar-refractivity contribution >= 4 is 11.6 Å². The van der Waals surface area contributed by atoms with Gasteiger partial charge in [-0.15, -0.1) is 0 Å². The number of rotatable bonds is 9. The summed E-state index contributed by atoms with van der Waals surface area (Å²) in [4.78, 5) is 12.9. The van der Waals surface area contributed by atoms with E-state index in [-0.39, 0.29) is 5.91 Å². The lowest BCUT2D eigenvalue weighted by molar-refractivity contribution is 0.102. The van der Waals surface area contributed by atoms with Gasteiger partial charge in [-0.3, -0.25) is 4.79 Å². The molecule has 26 heavy (non-hydrogen) atoms. The average molecular weight is 355 g/mol. The second-order valence-electron chi connectivity index (χ2n) is 6.01. The van der Waals surface area contributed by atoms with Crippen LogP contribution in [0.1, 0.15) is 54.7 Å². The fraction of sp³-hybridized carbons (Fsp3) is 0.409. The maximum absolute atomic E-state index is 12.9. The molecule has 0 bridgehead atoms. The minimum atomic E-state index is -0.110. The van der Waals surface area contributed by atoms with Crippen molar-refractivity contribution in [1.29, 1.82) is 0 Å². The van der Waals surface area contributed by atoms with Crippen LogP contribution in [-0.4, -0.2) is 19.1 Å². The van der Waals surface area contributed by atoms with Crippen molar-refractivity contribution in [1.82, 2.24) is 0 Å². The van der Waals surface area contributed by atoms with Gasteiger partial charge in [0.1, 0.15) is 5.75 Å². The van der Waals surface area contributed by atoms with Gasteiger partial charge in [-0.1, -0.05) is 32.0 Å². The number of aryl methyl sites for hydroxylation is 2. The molecule has 0 aliphatic carbocycles. The molecule has 0 heterocycles. The lowest BCUT2D eigenvalue weighted by Crippen LogP contribution is -2.15. The van der Waals surface area contributed by atoms with Crippen molar-refractivity contribution in [2.45, 2.75) is 47.1 Å². The first-order chi connectivity index (χ1) is 12.6. The molecule has 0 aliphatic rings. The summed E-state index contributed by atoms with van der Waals surface area (Å²) in [5.41, 5.74) is 4.73. The lowest BCUT2D eigenvalue weighted by atomic mass is 10.0. The summed E-state index contributed by atoms with van der Waals surface area (Å²) in [7, 11) is 0. The van der Waals surface area contributed by atoms with Crippen LogP contribution < -0.4 is 10.1 Å². The van der Waals surface area contributed by atoms with E-state index in [1.54, 1.807) is 6.07 Å². The van der Waals surface area contributed by atoms with Crippen molar-refractivity contribution in [3.63, 3.8) is 0 Å². The van der Waals surface area contributed by atoms with Gasteiger partial charge in [-0.2, -0.15) is 0 Å². The molecule has 0 saturated heterocycles. The summed E-state index contributed by atoms with van der Waals surface area (Å²) in [6, 6.07) is 11.7. The summed E-state index contributed by atoms with van der Waals surface area (Å²) in [6.07, 6.45) is 1.75. The van der Waals surface area contributed by atoms with Gasteiger partial charge in [0.15, 0.2) is 0 Å². The van der Waals surface area contributed by atoms with E-state index in [4.69, 9.17) is 9.47 Å². The molecule has 2 rings (SSSR count). The molecule has 0 fully saturated rings. The fourth-order valence-corrected chi connectivity index (χ4v) is 2.93. The SMILES string of the molecule is CCOCc1cc(C(=O)Nc2c(CC)cccc2CC)ccc1OCC. The van der Waals surface area contributed by atoms with Crippen molar-refractivity contribution < 1.29 is 14.3 Å². The van der Waals surface area contributed by atoms with Crippen LogP contribution in [-0.2, 0) is 24.2 Å². The molecule has 0 atom stereocenters. The van der Waals surface area contributed by atoms with Gasteiger partial charge >= 0.3 is 0 Å². The lowest BCUT2D eigenvalue weighted by Gasteiger charge is -2.16. The topological polar surface area (TPSA) is 47.6 Å². The number of ether oxygens (including phenoxy) is 2. The van der Waals surface area contributed by atoms with Crippen LogP contribution in [0.5, 0.6) is 5.75 Å². The van der Waals surface area contributed by atoms with E-state index >= 15 is 0 Å². The first kappa shape index (κ1) is 20.0. The molecule has 1 N–H and O–H groups in total. The molecule has 0 saturated carbocycles. The molecule has 1 amide bonds. The van der Waals surface area contributed by atoms with Crippen molar-refractivity contribution in [3.05, 3.63) is 58.7 Å². The molecule has 0 radical (unpaired) electrons. The van der Waals surface area contributed by atoms with Crippen molar-refractivity contribution in [3.8, 4) is 5.75 Å². The van der Waals surface area contributed by atoms with Crippen LogP contribution in [0.4, 0.5) is 5.69 Å². The second-order valence-corrected chi connectivity index (χ2v) is 6.01. The highest BCUT2D eigenvalue weighted by atomic mass is 16.5. The molecule has 0 unspecified atom stereocenters. The Morgan fingerprint density at radius 3 is 2.19 bits per heavy atom. The number of carbonyl (C=O) groups is 1. The van der Waals surface area contributed by atoms with Crippen LogP contribution in [0.25, 0.3) is 0 Å². The summed E-state index contributed by atoms with van der Waals surface area (Å²) in [5.74, 6) is 0.655. The summed E-state index contributed by atoms with van der Waals surface area (Å²) < 4.78 is 11.2. The normalized spacial score (nSPS) is 10.6. The van der Waals surface area contributed by atoms with Gasteiger partial charge in [0.25, 0.3) is 5.91 Å². The summed E-state index contributed by atoms with van der Waals surface area (Å²) in [6.45, 7) is 9.71. The zero-order valence-corrected chi connectivity index (χ0v) is 16.2. The Kier molecular flexibility index (Phi) is 7.67. The number of anilines is 1. The Labute approximate surface area is 156 Å². The molecular formula is C22H29NO3. The van der Waals surface area contributed by atoms with E-state index in [1.165, 1.54) is 0 Å². The standard InChI is InChI=1S/C22H29NO3/c1-5-16-10-9-11-17(6-2)21(16)23-22(24)18-12-13-20(26-8-4)19(14-18)15-25-7-3/h9-14H,5-8,15H2,1-4H3,(H,23,24). The number of para-hydroxylation sites is 1. The minimum absolute atomic E-state index is 0.110. The van der Waals surface area contributed by atoms with Crippen LogP contribution in [0.2, 0.25) is 0 Å². The molecule has 0 aromatic heterocycles. The number of hydrogen-bond acceptors (Lipinski definition) is 3. The smallest absolute Gasteiger partial charge is 0.255 e. The van der Waals surface area contributed by atoms with Gasteiger partial charge in [0.05, 0.1) is 13.2 Å². The fourth-order valence-electron chi connectivity index (χ4n) is 2.93. The Bertz CT molecular complexity index is 718. The molecule has 0 aliphatic heterocycles. The first-order valence-corrected chi connectivity index (χ1v) is 9.40. The summed E-state index contributed by atoms with van der Waals surface area (Å²) >= 11 is 0. The third-order valence-corrected chi connectivity index (χ3v) is 4.32. The van der Waals surface area contributed by atoms with E-state index in [2.05, 4.69) is 31.3 Å². The van der Waals surface area contributed by atoms with Gasteiger partial charge in [-0.25, -0.2) is 0 Å². The van der Waals surface area contributed by atoms with Gasteiger partial charge in [0.2, 0.25) is 0 Å². The predicted molar refractivity (Wildman–Crippen MR) is 106 cm³/mol. The second kappa shape index (κ2) is 9.97. The Balaban J connectivity index is 2.30.